The zero-order valence-corrected chi connectivity index (χ0v) is 8.73. The van der Waals surface area contributed by atoms with Crippen LogP contribution in [0.25, 0.3) is 0 Å². The molecule has 2 heteroatoms. The summed E-state index contributed by atoms with van der Waals surface area (Å²) in [6.45, 7) is 0. The lowest BCUT2D eigenvalue weighted by molar-refractivity contribution is 0.210. The van der Waals surface area contributed by atoms with Gasteiger partial charge in [-0.2, -0.15) is 0 Å². The fourth-order valence-electron chi connectivity index (χ4n) is 1.59. The van der Waals surface area contributed by atoms with E-state index in [1.807, 2.05) is 30.3 Å². The van der Waals surface area contributed by atoms with E-state index in [0.29, 0.717) is 0 Å². The standard InChI is InChI=1S/C13H15NO/c1-3-7-12(8-4-1)11-14-15-13-9-5-2-6-10-13/h1,3-4,7-9,11H,2,5-6,10H2. The van der Waals surface area contributed by atoms with Gasteiger partial charge in [0.1, 0.15) is 5.76 Å². The molecule has 1 aliphatic rings. The minimum absolute atomic E-state index is 1.01. The molecule has 0 N–H and O–H groups in total. The Morgan fingerprint density at radius 3 is 2.73 bits per heavy atom. The predicted molar refractivity (Wildman–Crippen MR) is 61.7 cm³/mol. The Morgan fingerprint density at radius 1 is 1.13 bits per heavy atom. The van der Waals surface area contributed by atoms with E-state index in [-0.39, 0.29) is 0 Å². The van der Waals surface area contributed by atoms with Crippen LogP contribution in [0, 0.1) is 0 Å². The molecule has 1 aromatic carbocycles. The normalized spacial score (nSPS) is 16.4. The van der Waals surface area contributed by atoms with Gasteiger partial charge in [0, 0.05) is 6.42 Å². The predicted octanol–water partition coefficient (Wildman–Crippen LogP) is 3.50. The second kappa shape index (κ2) is 5.35. The average Bonchev–Trinajstić information content (AvgIpc) is 2.32. The lowest BCUT2D eigenvalue weighted by Gasteiger charge is -2.08. The fourth-order valence-corrected chi connectivity index (χ4v) is 1.59. The zero-order chi connectivity index (χ0) is 10.3. The Morgan fingerprint density at radius 2 is 2.00 bits per heavy atom. The molecule has 0 radical (unpaired) electrons. The summed E-state index contributed by atoms with van der Waals surface area (Å²) in [4.78, 5) is 5.32. The van der Waals surface area contributed by atoms with Gasteiger partial charge in [-0.25, -0.2) is 0 Å². The van der Waals surface area contributed by atoms with Crippen molar-refractivity contribution in [3.05, 3.63) is 47.7 Å². The first-order chi connectivity index (χ1) is 7.45. The Bertz CT molecular complexity index is 354. The summed E-state index contributed by atoms with van der Waals surface area (Å²) < 4.78 is 0. The first-order valence-electron chi connectivity index (χ1n) is 5.39. The van der Waals surface area contributed by atoms with Gasteiger partial charge >= 0.3 is 0 Å². The first-order valence-corrected chi connectivity index (χ1v) is 5.39. The van der Waals surface area contributed by atoms with Gasteiger partial charge in [0.05, 0.1) is 6.21 Å². The van der Waals surface area contributed by atoms with Crippen molar-refractivity contribution < 1.29 is 4.84 Å². The van der Waals surface area contributed by atoms with Crippen LogP contribution in [0.3, 0.4) is 0 Å². The summed E-state index contributed by atoms with van der Waals surface area (Å²) in [5.41, 5.74) is 1.06. The molecule has 0 aromatic heterocycles. The highest BCUT2D eigenvalue weighted by atomic mass is 16.6. The Hall–Kier alpha value is -1.57. The molecule has 0 fully saturated rings. The number of rotatable bonds is 3. The molecule has 0 unspecified atom stereocenters. The second-order valence-corrected chi connectivity index (χ2v) is 3.65. The molecule has 0 bridgehead atoms. The van der Waals surface area contributed by atoms with Gasteiger partial charge in [-0.15, -0.1) is 0 Å². The molecular weight excluding hydrogens is 186 g/mol. The first kappa shape index (κ1) is 9.97. The van der Waals surface area contributed by atoms with Crippen molar-refractivity contribution in [2.24, 2.45) is 5.16 Å². The highest BCUT2D eigenvalue weighted by Crippen LogP contribution is 2.18. The lowest BCUT2D eigenvalue weighted by Crippen LogP contribution is -1.93. The molecule has 1 aromatic rings. The molecule has 78 valence electrons. The van der Waals surface area contributed by atoms with Crippen molar-refractivity contribution in [1.82, 2.24) is 0 Å². The number of hydrogen-bond acceptors (Lipinski definition) is 2. The Balaban J connectivity index is 1.87. The minimum atomic E-state index is 1.01. The van der Waals surface area contributed by atoms with Gasteiger partial charge in [0.25, 0.3) is 0 Å². The van der Waals surface area contributed by atoms with Gasteiger partial charge < -0.3 is 4.84 Å². The fraction of sp³-hybridized carbons (Fsp3) is 0.308. The maximum absolute atomic E-state index is 5.32. The van der Waals surface area contributed by atoms with E-state index in [4.69, 9.17) is 4.84 Å². The van der Waals surface area contributed by atoms with Gasteiger partial charge in [0.15, 0.2) is 0 Å². The smallest absolute Gasteiger partial charge is 0.131 e. The molecule has 0 spiro atoms. The average molecular weight is 201 g/mol. The summed E-state index contributed by atoms with van der Waals surface area (Å²) in [6.07, 6.45) is 8.51. The van der Waals surface area contributed by atoms with E-state index in [0.717, 1.165) is 24.2 Å². The van der Waals surface area contributed by atoms with E-state index in [1.54, 1.807) is 6.21 Å². The van der Waals surface area contributed by atoms with Crippen molar-refractivity contribution in [1.29, 1.82) is 0 Å². The van der Waals surface area contributed by atoms with Crippen LogP contribution in [0.15, 0.2) is 47.3 Å². The van der Waals surface area contributed by atoms with E-state index >= 15 is 0 Å². The summed E-state index contributed by atoms with van der Waals surface area (Å²) in [5.74, 6) is 1.01. The van der Waals surface area contributed by atoms with Crippen molar-refractivity contribution in [3.8, 4) is 0 Å². The van der Waals surface area contributed by atoms with Crippen LogP contribution in [-0.4, -0.2) is 6.21 Å². The van der Waals surface area contributed by atoms with Crippen molar-refractivity contribution in [2.45, 2.75) is 25.7 Å². The quantitative estimate of drug-likeness (QED) is 0.542. The van der Waals surface area contributed by atoms with Crippen LogP contribution in [0.4, 0.5) is 0 Å². The molecule has 0 aliphatic heterocycles. The monoisotopic (exact) mass is 201 g/mol. The van der Waals surface area contributed by atoms with Crippen molar-refractivity contribution >= 4 is 6.21 Å². The minimum Gasteiger partial charge on any atom is -0.362 e. The molecule has 15 heavy (non-hydrogen) atoms. The van der Waals surface area contributed by atoms with Crippen LogP contribution in [-0.2, 0) is 4.84 Å². The van der Waals surface area contributed by atoms with Crippen LogP contribution >= 0.6 is 0 Å². The zero-order valence-electron chi connectivity index (χ0n) is 8.73. The number of hydrogen-bond donors (Lipinski definition) is 0. The van der Waals surface area contributed by atoms with E-state index in [1.165, 1.54) is 12.8 Å². The van der Waals surface area contributed by atoms with E-state index in [2.05, 4.69) is 11.2 Å². The van der Waals surface area contributed by atoms with Crippen LogP contribution in [0.5, 0.6) is 0 Å². The van der Waals surface area contributed by atoms with Gasteiger partial charge in [0.2, 0.25) is 0 Å². The van der Waals surface area contributed by atoms with E-state index in [9.17, 15) is 0 Å². The molecule has 1 aliphatic carbocycles. The topological polar surface area (TPSA) is 21.6 Å². The number of benzene rings is 1. The molecule has 0 amide bonds. The third-order valence-corrected chi connectivity index (χ3v) is 2.42. The highest BCUT2D eigenvalue weighted by Gasteiger charge is 2.03. The third-order valence-electron chi connectivity index (χ3n) is 2.42. The Labute approximate surface area is 90.3 Å². The second-order valence-electron chi connectivity index (χ2n) is 3.65. The molecular formula is C13H15NO. The van der Waals surface area contributed by atoms with Gasteiger partial charge in [-0.1, -0.05) is 35.5 Å². The molecule has 0 saturated heterocycles. The maximum Gasteiger partial charge on any atom is 0.131 e. The van der Waals surface area contributed by atoms with E-state index < -0.39 is 0 Å². The van der Waals surface area contributed by atoms with Crippen LogP contribution in [0.2, 0.25) is 0 Å². The lowest BCUT2D eigenvalue weighted by atomic mass is 10.1. The van der Waals surface area contributed by atoms with Gasteiger partial charge in [-0.05, 0) is 30.9 Å². The summed E-state index contributed by atoms with van der Waals surface area (Å²) in [5, 5.41) is 3.97. The number of nitrogens with zero attached hydrogens (tertiary/aromatic N) is 1. The van der Waals surface area contributed by atoms with Crippen molar-refractivity contribution in [2.75, 3.05) is 0 Å². The molecule has 2 nitrogen and oxygen atoms in total. The highest BCUT2D eigenvalue weighted by molar-refractivity contribution is 5.78. The largest absolute Gasteiger partial charge is 0.362 e. The maximum atomic E-state index is 5.32. The molecule has 0 saturated carbocycles. The third kappa shape index (κ3) is 3.24. The molecule has 0 heterocycles. The van der Waals surface area contributed by atoms with Crippen LogP contribution in [0.1, 0.15) is 31.2 Å². The molecule has 0 atom stereocenters. The number of oxime groups is 1. The Kier molecular flexibility index (Phi) is 3.55. The van der Waals surface area contributed by atoms with Crippen molar-refractivity contribution in [3.63, 3.8) is 0 Å². The van der Waals surface area contributed by atoms with Crippen LogP contribution < -0.4 is 0 Å². The molecule has 2 rings (SSSR count). The van der Waals surface area contributed by atoms with Gasteiger partial charge in [-0.3, -0.25) is 0 Å². The summed E-state index contributed by atoms with van der Waals surface area (Å²) in [7, 11) is 0. The summed E-state index contributed by atoms with van der Waals surface area (Å²) in [6, 6.07) is 9.97. The number of allylic oxidation sites excluding steroid dienone is 2. The SMILES string of the molecule is C(=NOC1=CCCCC1)c1ccccc1. The summed E-state index contributed by atoms with van der Waals surface area (Å²) >= 11 is 0.